The molecular weight excluding hydrogens is 418 g/mol. The number of urea groups is 1. The number of halogens is 1. The van der Waals surface area contributed by atoms with Crippen molar-refractivity contribution in [2.45, 2.75) is 23.9 Å². The van der Waals surface area contributed by atoms with Crippen LogP contribution in [-0.2, 0) is 26.9 Å². The van der Waals surface area contributed by atoms with Crippen LogP contribution in [0.5, 0.6) is 5.75 Å². The predicted molar refractivity (Wildman–Crippen MR) is 107 cm³/mol. The quantitative estimate of drug-likeness (QED) is 0.674. The zero-order valence-corrected chi connectivity index (χ0v) is 17.6. The lowest BCUT2D eigenvalue weighted by Crippen LogP contribution is -2.41. The summed E-state index contributed by atoms with van der Waals surface area (Å²) >= 11 is 5.97. The molecule has 0 spiro atoms. The first-order chi connectivity index (χ1) is 13.6. The van der Waals surface area contributed by atoms with E-state index < -0.39 is 27.5 Å². The highest BCUT2D eigenvalue weighted by molar-refractivity contribution is 7.89. The lowest BCUT2D eigenvalue weighted by atomic mass is 9.91. The van der Waals surface area contributed by atoms with Crippen LogP contribution >= 0.6 is 11.6 Å². The number of carbonyl (C=O) groups excluding carboxylic acids is 2. The molecule has 1 aliphatic rings. The minimum absolute atomic E-state index is 0.0343. The second-order valence-electron chi connectivity index (χ2n) is 6.79. The van der Waals surface area contributed by atoms with Crippen LogP contribution in [-0.4, -0.2) is 38.8 Å². The monoisotopic (exact) mass is 437 g/mol. The number of ether oxygens (including phenoxy) is 1. The molecular formula is C19H20ClN3O5S. The molecule has 154 valence electrons. The molecule has 1 aliphatic heterocycles. The Balaban J connectivity index is 2.00. The number of imide groups is 1. The maximum Gasteiger partial charge on any atom is 0.322 e. The van der Waals surface area contributed by atoms with Gasteiger partial charge in [-0.3, -0.25) is 10.1 Å². The summed E-state index contributed by atoms with van der Waals surface area (Å²) in [6.07, 6.45) is 0. The van der Waals surface area contributed by atoms with Gasteiger partial charge in [-0.25, -0.2) is 13.2 Å². The van der Waals surface area contributed by atoms with E-state index in [1.165, 1.54) is 43.6 Å². The molecule has 8 nitrogen and oxygen atoms in total. The number of nitrogens with one attached hydrogen (secondary N) is 2. The van der Waals surface area contributed by atoms with Gasteiger partial charge in [-0.2, -0.15) is 4.31 Å². The van der Waals surface area contributed by atoms with Gasteiger partial charge < -0.3 is 10.1 Å². The highest BCUT2D eigenvalue weighted by Gasteiger charge is 2.45. The van der Waals surface area contributed by atoms with Crippen molar-refractivity contribution in [2.24, 2.45) is 0 Å². The van der Waals surface area contributed by atoms with Crippen LogP contribution in [0.1, 0.15) is 18.1 Å². The van der Waals surface area contributed by atoms with Gasteiger partial charge in [0.2, 0.25) is 10.0 Å². The minimum atomic E-state index is -3.89. The van der Waals surface area contributed by atoms with Crippen LogP contribution in [0.15, 0.2) is 47.4 Å². The van der Waals surface area contributed by atoms with E-state index in [9.17, 15) is 18.0 Å². The molecule has 2 aromatic rings. The Bertz CT molecular complexity index is 1090. The molecule has 1 atom stereocenters. The van der Waals surface area contributed by atoms with Gasteiger partial charge in [-0.1, -0.05) is 23.7 Å². The molecule has 1 saturated heterocycles. The van der Waals surface area contributed by atoms with Crippen LogP contribution < -0.4 is 15.4 Å². The lowest BCUT2D eigenvalue weighted by Gasteiger charge is -2.25. The van der Waals surface area contributed by atoms with Crippen molar-refractivity contribution in [2.75, 3.05) is 14.2 Å². The number of benzene rings is 2. The zero-order valence-electron chi connectivity index (χ0n) is 16.0. The molecule has 3 rings (SSSR count). The predicted octanol–water partition coefficient (Wildman–Crippen LogP) is 2.22. The molecule has 1 heterocycles. The van der Waals surface area contributed by atoms with Crippen molar-refractivity contribution in [3.8, 4) is 5.75 Å². The Kier molecular flexibility index (Phi) is 5.57. The van der Waals surface area contributed by atoms with Crippen LogP contribution in [0.25, 0.3) is 0 Å². The highest BCUT2D eigenvalue weighted by atomic mass is 35.5. The van der Waals surface area contributed by atoms with E-state index in [0.717, 1.165) is 5.56 Å². The molecule has 0 unspecified atom stereocenters. The summed E-state index contributed by atoms with van der Waals surface area (Å²) in [5.41, 5.74) is -0.494. The fourth-order valence-corrected chi connectivity index (χ4v) is 4.53. The molecule has 3 amide bonds. The van der Waals surface area contributed by atoms with E-state index in [0.29, 0.717) is 5.02 Å². The van der Waals surface area contributed by atoms with Crippen molar-refractivity contribution < 1.29 is 22.7 Å². The third kappa shape index (κ3) is 3.93. The summed E-state index contributed by atoms with van der Waals surface area (Å²) in [6.45, 7) is 1.59. The zero-order chi connectivity index (χ0) is 21.4. The highest BCUT2D eigenvalue weighted by Crippen LogP contribution is 2.34. The van der Waals surface area contributed by atoms with Crippen molar-refractivity contribution in [1.82, 2.24) is 14.9 Å². The van der Waals surface area contributed by atoms with Crippen LogP contribution in [0.4, 0.5) is 4.79 Å². The first-order valence-electron chi connectivity index (χ1n) is 8.61. The molecule has 0 aliphatic carbocycles. The van der Waals surface area contributed by atoms with Crippen molar-refractivity contribution in [1.29, 1.82) is 0 Å². The largest absolute Gasteiger partial charge is 0.496 e. The smallest absolute Gasteiger partial charge is 0.322 e. The Labute approximate surface area is 173 Å². The standard InChI is InChI=1S/C19H20ClN3O5S/c1-19(17(24)21-18(25)22-19)15-10-14(7-8-16(15)28-3)29(26,27)23(2)11-12-5-4-6-13(20)9-12/h4-10H,11H2,1-3H3,(H2,21,22,24,25)/t19-/m0/s1. The third-order valence-electron chi connectivity index (χ3n) is 4.76. The maximum atomic E-state index is 13.1. The number of sulfonamides is 1. The van der Waals surface area contributed by atoms with Gasteiger partial charge in [-0.15, -0.1) is 0 Å². The fourth-order valence-electron chi connectivity index (χ4n) is 3.13. The molecule has 1 fully saturated rings. The summed E-state index contributed by atoms with van der Waals surface area (Å²) < 4.78 is 32.7. The summed E-state index contributed by atoms with van der Waals surface area (Å²) in [5, 5.41) is 5.19. The Morgan fingerprint density at radius 2 is 1.90 bits per heavy atom. The lowest BCUT2D eigenvalue weighted by molar-refractivity contribution is -0.123. The van der Waals surface area contributed by atoms with Gasteiger partial charge >= 0.3 is 6.03 Å². The van der Waals surface area contributed by atoms with Crippen LogP contribution in [0.3, 0.4) is 0 Å². The summed E-state index contributed by atoms with van der Waals surface area (Å²) in [7, 11) is -1.05. The molecule has 0 bridgehead atoms. The first kappa shape index (κ1) is 21.1. The van der Waals surface area contributed by atoms with Gasteiger partial charge in [-0.05, 0) is 42.8 Å². The number of carbonyl (C=O) groups is 2. The van der Waals surface area contributed by atoms with Crippen molar-refractivity contribution in [3.05, 3.63) is 58.6 Å². The number of amides is 3. The Hall–Kier alpha value is -2.62. The summed E-state index contributed by atoms with van der Waals surface area (Å²) in [5.74, 6) is -0.316. The number of rotatable bonds is 6. The van der Waals surface area contributed by atoms with Crippen LogP contribution in [0.2, 0.25) is 5.02 Å². The van der Waals surface area contributed by atoms with Crippen molar-refractivity contribution >= 4 is 33.6 Å². The molecule has 10 heteroatoms. The van der Waals surface area contributed by atoms with Gasteiger partial charge in [0.1, 0.15) is 11.3 Å². The van der Waals surface area contributed by atoms with Gasteiger partial charge in [0.05, 0.1) is 12.0 Å². The molecule has 0 radical (unpaired) electrons. The summed E-state index contributed by atoms with van der Waals surface area (Å²) in [6, 6.07) is 10.4. The molecule has 2 N–H and O–H groups in total. The summed E-state index contributed by atoms with van der Waals surface area (Å²) in [4.78, 5) is 23.9. The van der Waals surface area contributed by atoms with E-state index in [-0.39, 0.29) is 22.8 Å². The van der Waals surface area contributed by atoms with Crippen molar-refractivity contribution in [3.63, 3.8) is 0 Å². The van der Waals surface area contributed by atoms with Gasteiger partial charge in [0, 0.05) is 24.2 Å². The third-order valence-corrected chi connectivity index (χ3v) is 6.79. The van der Waals surface area contributed by atoms with E-state index in [4.69, 9.17) is 16.3 Å². The van der Waals surface area contributed by atoms with E-state index in [1.54, 1.807) is 24.3 Å². The van der Waals surface area contributed by atoms with E-state index in [2.05, 4.69) is 10.6 Å². The Morgan fingerprint density at radius 3 is 2.48 bits per heavy atom. The van der Waals surface area contributed by atoms with Gasteiger partial charge in [0.15, 0.2) is 0 Å². The second kappa shape index (κ2) is 7.66. The average Bonchev–Trinajstić information content (AvgIpc) is 2.93. The second-order valence-corrected chi connectivity index (χ2v) is 9.27. The number of hydrogen-bond acceptors (Lipinski definition) is 5. The number of nitrogens with zero attached hydrogens (tertiary/aromatic N) is 1. The first-order valence-corrected chi connectivity index (χ1v) is 10.4. The molecule has 2 aromatic carbocycles. The van der Waals surface area contributed by atoms with Gasteiger partial charge in [0.25, 0.3) is 5.91 Å². The fraction of sp³-hybridized carbons (Fsp3) is 0.263. The maximum absolute atomic E-state index is 13.1. The van der Waals surface area contributed by atoms with E-state index >= 15 is 0 Å². The number of hydrogen-bond donors (Lipinski definition) is 2. The minimum Gasteiger partial charge on any atom is -0.496 e. The topological polar surface area (TPSA) is 105 Å². The number of methoxy groups -OCH3 is 1. The SMILES string of the molecule is COc1ccc(S(=O)(=O)N(C)Cc2cccc(Cl)c2)cc1[C@]1(C)NC(=O)NC1=O. The molecule has 0 aromatic heterocycles. The molecule has 0 saturated carbocycles. The molecule has 29 heavy (non-hydrogen) atoms. The van der Waals surface area contributed by atoms with Crippen LogP contribution in [0, 0.1) is 0 Å². The normalized spacial score (nSPS) is 19.2. The Morgan fingerprint density at radius 1 is 1.17 bits per heavy atom. The van der Waals surface area contributed by atoms with E-state index in [1.807, 2.05) is 0 Å². The average molecular weight is 438 g/mol.